The first-order chi connectivity index (χ1) is 34.5. The molecule has 0 amide bonds. The first-order valence-electron chi connectivity index (χ1n) is 30.6. The Hall–Kier alpha value is -2.51. The summed E-state index contributed by atoms with van der Waals surface area (Å²) < 4.78 is 12.5. The highest BCUT2D eigenvalue weighted by Crippen LogP contribution is 2.67. The van der Waals surface area contributed by atoms with Gasteiger partial charge in [0.25, 0.3) is 0 Å². The van der Waals surface area contributed by atoms with E-state index in [1.54, 1.807) is 5.57 Å². The average Bonchev–Trinajstić information content (AvgIpc) is 3.88. The zero-order valence-electron chi connectivity index (χ0n) is 47.1. The molecule has 8 aliphatic carbocycles. The molecule has 7 heteroatoms. The Labute approximate surface area is 439 Å². The summed E-state index contributed by atoms with van der Waals surface area (Å²) in [7, 11) is 0. The maximum Gasteiger partial charge on any atom is 0.306 e. The first-order valence-corrected chi connectivity index (χ1v) is 30.6. The van der Waals surface area contributed by atoms with Crippen LogP contribution in [0, 0.1) is 74.9 Å². The van der Waals surface area contributed by atoms with Gasteiger partial charge in [-0.3, -0.25) is 14.4 Å². The van der Waals surface area contributed by atoms with Crippen molar-refractivity contribution < 1.29 is 29.0 Å². The molecule has 0 saturated heterocycles. The fourth-order valence-corrected chi connectivity index (χ4v) is 17.5. The van der Waals surface area contributed by atoms with Gasteiger partial charge in [0.05, 0.1) is 0 Å². The van der Waals surface area contributed by atoms with Gasteiger partial charge in [-0.2, -0.15) is 0 Å². The van der Waals surface area contributed by atoms with Crippen LogP contribution < -0.4 is 0 Å². The van der Waals surface area contributed by atoms with Gasteiger partial charge in [-0.25, -0.2) is 0 Å². The number of nitrogens with zero attached hydrogens (tertiary/aromatic N) is 1. The highest BCUT2D eigenvalue weighted by atomic mass is 16.5. The predicted molar refractivity (Wildman–Crippen MR) is 293 cm³/mol. The van der Waals surface area contributed by atoms with E-state index < -0.39 is 0 Å². The van der Waals surface area contributed by atoms with E-state index in [9.17, 15) is 19.5 Å². The molecule has 1 N–H and O–H groups in total. The van der Waals surface area contributed by atoms with Crippen LogP contribution in [0.25, 0.3) is 0 Å². The zero-order valence-corrected chi connectivity index (χ0v) is 47.1. The number of hydrogen-bond donors (Lipinski definition) is 1. The van der Waals surface area contributed by atoms with Crippen LogP contribution in [0.1, 0.15) is 229 Å². The van der Waals surface area contributed by atoms with Crippen molar-refractivity contribution in [3.63, 3.8) is 0 Å². The molecule has 0 spiro atoms. The first kappa shape index (κ1) is 55.7. The third kappa shape index (κ3) is 12.0. The minimum atomic E-state index is -0.0133. The van der Waals surface area contributed by atoms with Gasteiger partial charge in [0, 0.05) is 37.7 Å². The van der Waals surface area contributed by atoms with Crippen molar-refractivity contribution in [1.82, 2.24) is 4.90 Å². The summed E-state index contributed by atoms with van der Waals surface area (Å²) in [4.78, 5) is 41.2. The lowest BCUT2D eigenvalue weighted by molar-refractivity contribution is -0.160. The monoisotopic (exact) mass is 994 g/mol. The number of rotatable bonds is 24. The highest BCUT2D eigenvalue weighted by Gasteiger charge is 2.60. The van der Waals surface area contributed by atoms with Crippen molar-refractivity contribution in [2.75, 3.05) is 26.2 Å². The van der Waals surface area contributed by atoms with Crippen LogP contribution in [0.3, 0.4) is 0 Å². The molecular weight excluding hydrogens is 891 g/mol. The second-order valence-corrected chi connectivity index (χ2v) is 27.0. The zero-order chi connectivity index (χ0) is 51.3. The number of hydrogen-bond acceptors (Lipinski definition) is 7. The number of fused-ring (bicyclic) bond motifs is 10. The lowest BCUT2D eigenvalue weighted by atomic mass is 9.47. The predicted octanol–water partition coefficient (Wildman–Crippen LogP) is 15.3. The summed E-state index contributed by atoms with van der Waals surface area (Å²) in [5.74, 6) is 6.32. The smallest absolute Gasteiger partial charge is 0.306 e. The van der Waals surface area contributed by atoms with Crippen LogP contribution in [0.15, 0.2) is 47.1 Å². The second kappa shape index (κ2) is 24.2. The molecule has 404 valence electrons. The quantitative estimate of drug-likeness (QED) is 0.0585. The molecule has 0 aliphatic heterocycles. The molecular formula is C65H103NO6. The van der Waals surface area contributed by atoms with Crippen molar-refractivity contribution in [3.05, 3.63) is 47.1 Å². The second-order valence-electron chi connectivity index (χ2n) is 27.0. The van der Waals surface area contributed by atoms with E-state index in [1.165, 1.54) is 56.1 Å². The minimum absolute atomic E-state index is 0.00139. The van der Waals surface area contributed by atoms with Crippen molar-refractivity contribution in [2.24, 2.45) is 74.9 Å². The Morgan fingerprint density at radius 2 is 1.33 bits per heavy atom. The number of allylic oxidation sites excluding steroid dienone is 6. The van der Waals surface area contributed by atoms with Crippen LogP contribution in [-0.4, -0.2) is 66.2 Å². The Kier molecular flexibility index (Phi) is 18.7. The number of aliphatic hydroxyl groups is 1. The maximum absolute atomic E-state index is 13.2. The maximum atomic E-state index is 13.2. The van der Waals surface area contributed by atoms with Gasteiger partial charge < -0.3 is 19.5 Å². The van der Waals surface area contributed by atoms with Crippen LogP contribution in [0.5, 0.6) is 0 Å². The number of carbonyl (C=O) groups excluding carboxylic acids is 3. The topological polar surface area (TPSA) is 93.1 Å². The summed E-state index contributed by atoms with van der Waals surface area (Å²) in [5, 5.41) is 9.46. The van der Waals surface area contributed by atoms with Gasteiger partial charge in [0.15, 0.2) is 5.78 Å². The molecule has 0 radical (unpaired) electrons. The normalized spacial score (nSPS) is 36.9. The number of ketones is 1. The summed E-state index contributed by atoms with van der Waals surface area (Å²) in [5.41, 5.74) is 5.54. The Balaban J connectivity index is 0.694. The third-order valence-corrected chi connectivity index (χ3v) is 22.5. The van der Waals surface area contributed by atoms with Gasteiger partial charge in [0.2, 0.25) is 0 Å². The van der Waals surface area contributed by atoms with Gasteiger partial charge in [-0.05, 0) is 217 Å². The van der Waals surface area contributed by atoms with Crippen LogP contribution >= 0.6 is 0 Å². The van der Waals surface area contributed by atoms with E-state index in [-0.39, 0.29) is 47.0 Å². The van der Waals surface area contributed by atoms with E-state index in [4.69, 9.17) is 9.47 Å². The van der Waals surface area contributed by atoms with Crippen LogP contribution in [0.2, 0.25) is 0 Å². The average molecular weight is 995 g/mol. The molecule has 7 nitrogen and oxygen atoms in total. The van der Waals surface area contributed by atoms with Crippen LogP contribution in [0.4, 0.5) is 0 Å². The third-order valence-electron chi connectivity index (χ3n) is 22.5. The highest BCUT2D eigenvalue weighted by molar-refractivity contribution is 5.91. The fraction of sp³-hybridized carbons (Fsp3) is 0.831. The van der Waals surface area contributed by atoms with Crippen molar-refractivity contribution in [1.29, 1.82) is 0 Å². The molecule has 14 atom stereocenters. The summed E-state index contributed by atoms with van der Waals surface area (Å²) in [6.07, 6.45) is 40.1. The Bertz CT molecular complexity index is 2000. The molecule has 8 rings (SSSR count). The Morgan fingerprint density at radius 3 is 2.04 bits per heavy atom. The summed E-state index contributed by atoms with van der Waals surface area (Å²) in [6, 6.07) is 0. The molecule has 6 saturated carbocycles. The molecule has 0 heterocycles. The van der Waals surface area contributed by atoms with E-state index in [2.05, 4.69) is 84.6 Å². The number of aliphatic hydroxyl groups excluding tert-OH is 1. The standard InChI is InChI=1S/C65H103NO6/c1-45(2)46(3)21-22-47(4)54-27-28-55-52-26-24-49-44-51(32-36-63(49,6)57(52)33-37-64(54,55)7)71-60(69)19-13-9-11-15-39-66(41-17-18-42-67)40-16-12-10-14-20-61(70)72-59-30-29-56-53-25-23-48-43-50(68)31-35-62(48,5)58(53)34-38-65(56,59)8/h21-22,24,26,43,45-47,51,53-59,67H,9-20,23,25,27-42,44H2,1-8H3/b22-21+. The van der Waals surface area contributed by atoms with E-state index in [0.717, 1.165) is 135 Å². The molecule has 8 aliphatic rings. The van der Waals surface area contributed by atoms with E-state index in [0.29, 0.717) is 77.8 Å². The fourth-order valence-electron chi connectivity index (χ4n) is 17.5. The summed E-state index contributed by atoms with van der Waals surface area (Å²) >= 11 is 0. The summed E-state index contributed by atoms with van der Waals surface area (Å²) in [6.45, 7) is 22.9. The van der Waals surface area contributed by atoms with Gasteiger partial charge in [-0.1, -0.05) is 122 Å². The van der Waals surface area contributed by atoms with Gasteiger partial charge in [0.1, 0.15) is 12.2 Å². The lowest BCUT2D eigenvalue weighted by Crippen LogP contribution is -2.51. The number of unbranched alkanes of at least 4 members (excludes halogenated alkanes) is 7. The molecule has 72 heavy (non-hydrogen) atoms. The SMILES string of the molecule is CC(C)C(C)/C=C/C(C)C1CCC2C3=CC=C4CC(OC(=O)CCCCCCN(CCCCO)CCCCCCC(=O)OC5CCC6C7CCC8=CC(=O)CCC8(C)C7CCC56C)CCC4(C)C3CCC21C. The van der Waals surface area contributed by atoms with E-state index >= 15 is 0 Å². The van der Waals surface area contributed by atoms with Gasteiger partial charge >= 0.3 is 11.9 Å². The number of carbonyl (C=O) groups is 3. The number of ether oxygens (including phenoxy) is 2. The molecule has 14 unspecified atom stereocenters. The number of esters is 2. The van der Waals surface area contributed by atoms with E-state index in [1.807, 2.05) is 6.08 Å². The van der Waals surface area contributed by atoms with Crippen molar-refractivity contribution in [2.45, 2.75) is 241 Å². The van der Waals surface area contributed by atoms with Crippen LogP contribution in [-0.2, 0) is 23.9 Å². The van der Waals surface area contributed by atoms with Crippen molar-refractivity contribution in [3.8, 4) is 0 Å². The lowest BCUT2D eigenvalue weighted by Gasteiger charge is -2.57. The minimum Gasteiger partial charge on any atom is -0.462 e. The van der Waals surface area contributed by atoms with Gasteiger partial charge in [-0.15, -0.1) is 0 Å². The molecule has 0 aromatic rings. The molecule has 0 aromatic carbocycles. The largest absolute Gasteiger partial charge is 0.462 e. The molecule has 0 aromatic heterocycles. The molecule has 0 bridgehead atoms. The Morgan fingerprint density at radius 1 is 0.653 bits per heavy atom. The van der Waals surface area contributed by atoms with Crippen molar-refractivity contribution >= 4 is 17.7 Å². The molecule has 6 fully saturated rings.